The summed E-state index contributed by atoms with van der Waals surface area (Å²) in [5, 5.41) is 6.99. The average Bonchev–Trinajstić information content (AvgIpc) is 3.61. The molecule has 0 aliphatic rings. The second kappa shape index (κ2) is 12.6. The van der Waals surface area contributed by atoms with Crippen LogP contribution in [0.25, 0.3) is 105 Å². The highest BCUT2D eigenvalue weighted by Crippen LogP contribution is 2.42. The standard InChI is InChI=1S/C51H32N4/c1-3-13-33(14-4-1)34-23-29-37(30-24-34)51-53-44-21-11-8-18-40(44)49(54-51)35-25-27-36(28-26-35)50-42-31-32-46-48(47(42)39-17-7-10-20-43(39)52-50)41-19-9-12-22-45(41)55(46)38-15-5-2-6-16-38/h1-32H. The first-order valence-electron chi connectivity index (χ1n) is 18.6. The Morgan fingerprint density at radius 1 is 0.291 bits per heavy atom. The van der Waals surface area contributed by atoms with Gasteiger partial charge in [0.1, 0.15) is 0 Å². The van der Waals surface area contributed by atoms with Crippen molar-refractivity contribution in [3.63, 3.8) is 0 Å². The van der Waals surface area contributed by atoms with Crippen molar-refractivity contribution in [2.75, 3.05) is 0 Å². The Morgan fingerprint density at radius 3 is 1.55 bits per heavy atom. The number of pyridine rings is 1. The molecule has 4 nitrogen and oxygen atoms in total. The fraction of sp³-hybridized carbons (Fsp3) is 0. The summed E-state index contributed by atoms with van der Waals surface area (Å²) in [6.45, 7) is 0. The van der Waals surface area contributed by atoms with Gasteiger partial charge in [0, 0.05) is 54.7 Å². The molecule has 256 valence electrons. The maximum atomic E-state index is 5.33. The molecule has 0 unspecified atom stereocenters. The highest BCUT2D eigenvalue weighted by molar-refractivity contribution is 6.29. The molecule has 0 aliphatic heterocycles. The van der Waals surface area contributed by atoms with Crippen molar-refractivity contribution in [1.82, 2.24) is 19.5 Å². The first kappa shape index (κ1) is 31.1. The van der Waals surface area contributed by atoms with Crippen LogP contribution in [0.5, 0.6) is 0 Å². The van der Waals surface area contributed by atoms with E-state index in [-0.39, 0.29) is 0 Å². The topological polar surface area (TPSA) is 43.6 Å². The van der Waals surface area contributed by atoms with E-state index in [1.807, 2.05) is 12.1 Å². The fourth-order valence-electron chi connectivity index (χ4n) is 8.23. The van der Waals surface area contributed by atoms with E-state index in [0.29, 0.717) is 5.82 Å². The first-order valence-corrected chi connectivity index (χ1v) is 18.6. The van der Waals surface area contributed by atoms with Crippen molar-refractivity contribution >= 4 is 54.4 Å². The molecule has 0 atom stereocenters. The van der Waals surface area contributed by atoms with Gasteiger partial charge in [-0.05, 0) is 47.5 Å². The fourth-order valence-corrected chi connectivity index (χ4v) is 8.23. The molecule has 0 saturated heterocycles. The van der Waals surface area contributed by atoms with Crippen LogP contribution in [0.15, 0.2) is 194 Å². The van der Waals surface area contributed by atoms with Crippen LogP contribution in [0.1, 0.15) is 0 Å². The predicted molar refractivity (Wildman–Crippen MR) is 228 cm³/mol. The first-order chi connectivity index (χ1) is 27.3. The molecular formula is C51H32N4. The van der Waals surface area contributed by atoms with Gasteiger partial charge in [-0.15, -0.1) is 0 Å². The minimum atomic E-state index is 0.707. The second-order valence-corrected chi connectivity index (χ2v) is 14.0. The summed E-state index contributed by atoms with van der Waals surface area (Å²) in [6.07, 6.45) is 0. The number of nitrogens with zero attached hydrogens (tertiary/aromatic N) is 4. The molecule has 4 heteroatoms. The second-order valence-electron chi connectivity index (χ2n) is 14.0. The summed E-state index contributed by atoms with van der Waals surface area (Å²) in [5.74, 6) is 0.707. The van der Waals surface area contributed by atoms with Crippen LogP contribution in [0.4, 0.5) is 0 Å². The number of fused-ring (bicyclic) bond motifs is 8. The van der Waals surface area contributed by atoms with Gasteiger partial charge in [-0.3, -0.25) is 0 Å². The molecule has 0 spiro atoms. The lowest BCUT2D eigenvalue weighted by Gasteiger charge is -2.13. The van der Waals surface area contributed by atoms with Crippen molar-refractivity contribution in [2.24, 2.45) is 0 Å². The molecule has 11 rings (SSSR count). The van der Waals surface area contributed by atoms with Crippen LogP contribution in [-0.4, -0.2) is 19.5 Å². The zero-order valence-electron chi connectivity index (χ0n) is 29.8. The number of hydrogen-bond acceptors (Lipinski definition) is 3. The zero-order chi connectivity index (χ0) is 36.3. The molecule has 3 aromatic heterocycles. The van der Waals surface area contributed by atoms with Gasteiger partial charge in [-0.2, -0.15) is 0 Å². The zero-order valence-corrected chi connectivity index (χ0v) is 29.8. The molecule has 0 aliphatic carbocycles. The Hall–Kier alpha value is -7.43. The molecule has 3 heterocycles. The summed E-state index contributed by atoms with van der Waals surface area (Å²) >= 11 is 0. The molecule has 0 N–H and O–H groups in total. The molecule has 55 heavy (non-hydrogen) atoms. The van der Waals surface area contributed by atoms with Crippen molar-refractivity contribution in [1.29, 1.82) is 0 Å². The molecular weight excluding hydrogens is 669 g/mol. The van der Waals surface area contributed by atoms with Crippen LogP contribution in [0.2, 0.25) is 0 Å². The van der Waals surface area contributed by atoms with Gasteiger partial charge in [0.15, 0.2) is 5.82 Å². The van der Waals surface area contributed by atoms with Crippen LogP contribution in [0, 0.1) is 0 Å². The monoisotopic (exact) mass is 700 g/mol. The van der Waals surface area contributed by atoms with E-state index in [1.54, 1.807) is 0 Å². The van der Waals surface area contributed by atoms with Gasteiger partial charge in [-0.1, -0.05) is 158 Å². The third-order valence-electron chi connectivity index (χ3n) is 10.8. The van der Waals surface area contributed by atoms with E-state index < -0.39 is 0 Å². The number of benzene rings is 8. The Morgan fingerprint density at radius 2 is 0.818 bits per heavy atom. The van der Waals surface area contributed by atoms with Crippen molar-refractivity contribution < 1.29 is 0 Å². The Balaban J connectivity index is 1.07. The highest BCUT2D eigenvalue weighted by atomic mass is 15.0. The minimum Gasteiger partial charge on any atom is -0.309 e. The van der Waals surface area contributed by atoms with E-state index >= 15 is 0 Å². The number of rotatable bonds is 5. The Labute approximate surface area is 317 Å². The van der Waals surface area contributed by atoms with Gasteiger partial charge >= 0.3 is 0 Å². The van der Waals surface area contributed by atoms with Gasteiger partial charge in [0.25, 0.3) is 0 Å². The molecule has 0 radical (unpaired) electrons. The third-order valence-corrected chi connectivity index (χ3v) is 10.8. The SMILES string of the molecule is c1ccc(-c2ccc(-c3nc(-c4ccc(-c5nc6ccccc6c6c5ccc5c6c6ccccc6n5-c5ccccc5)cc4)c4ccccc4n3)cc2)cc1. The lowest BCUT2D eigenvalue weighted by atomic mass is 9.95. The quantitative estimate of drug-likeness (QED) is 0.168. The van der Waals surface area contributed by atoms with Gasteiger partial charge in [0.05, 0.1) is 33.5 Å². The number of hydrogen-bond donors (Lipinski definition) is 0. The largest absolute Gasteiger partial charge is 0.309 e. The molecule has 0 fully saturated rings. The Bertz CT molecular complexity index is 3220. The average molecular weight is 701 g/mol. The highest BCUT2D eigenvalue weighted by Gasteiger charge is 2.20. The number of aromatic nitrogens is 4. The van der Waals surface area contributed by atoms with E-state index in [4.69, 9.17) is 15.0 Å². The third kappa shape index (κ3) is 5.11. The number of para-hydroxylation sites is 4. The lowest BCUT2D eigenvalue weighted by Crippen LogP contribution is -1.96. The molecule has 8 aromatic carbocycles. The summed E-state index contributed by atoms with van der Waals surface area (Å²) < 4.78 is 2.38. The molecule has 0 saturated carbocycles. The summed E-state index contributed by atoms with van der Waals surface area (Å²) in [7, 11) is 0. The van der Waals surface area contributed by atoms with E-state index in [0.717, 1.165) is 61.0 Å². The van der Waals surface area contributed by atoms with Gasteiger partial charge < -0.3 is 4.57 Å². The van der Waals surface area contributed by atoms with Crippen LogP contribution >= 0.6 is 0 Å². The summed E-state index contributed by atoms with van der Waals surface area (Å²) in [6, 6.07) is 68.4. The normalized spacial score (nSPS) is 11.6. The van der Waals surface area contributed by atoms with E-state index in [2.05, 4.69) is 187 Å². The van der Waals surface area contributed by atoms with Crippen molar-refractivity contribution in [3.8, 4) is 50.7 Å². The van der Waals surface area contributed by atoms with Crippen LogP contribution in [0.3, 0.4) is 0 Å². The van der Waals surface area contributed by atoms with Crippen LogP contribution < -0.4 is 0 Å². The van der Waals surface area contributed by atoms with Crippen molar-refractivity contribution in [3.05, 3.63) is 194 Å². The molecule has 0 amide bonds. The van der Waals surface area contributed by atoms with E-state index in [1.165, 1.54) is 38.3 Å². The van der Waals surface area contributed by atoms with Gasteiger partial charge in [-0.25, -0.2) is 15.0 Å². The molecule has 0 bridgehead atoms. The van der Waals surface area contributed by atoms with Crippen molar-refractivity contribution in [2.45, 2.75) is 0 Å². The Kier molecular flexibility index (Phi) is 7.14. The predicted octanol–water partition coefficient (Wildman–Crippen LogP) is 13.1. The smallest absolute Gasteiger partial charge is 0.160 e. The minimum absolute atomic E-state index is 0.707. The summed E-state index contributed by atoms with van der Waals surface area (Å²) in [4.78, 5) is 15.5. The summed E-state index contributed by atoms with van der Waals surface area (Å²) in [5.41, 5.74) is 12.7. The lowest BCUT2D eigenvalue weighted by molar-refractivity contribution is 1.18. The maximum absolute atomic E-state index is 5.33. The van der Waals surface area contributed by atoms with Gasteiger partial charge in [0.2, 0.25) is 0 Å². The van der Waals surface area contributed by atoms with E-state index in [9.17, 15) is 0 Å². The molecule has 11 aromatic rings. The maximum Gasteiger partial charge on any atom is 0.160 e. The van der Waals surface area contributed by atoms with Crippen LogP contribution in [-0.2, 0) is 0 Å².